The summed E-state index contributed by atoms with van der Waals surface area (Å²) in [7, 11) is 0. The molecule has 0 saturated heterocycles. The summed E-state index contributed by atoms with van der Waals surface area (Å²) < 4.78 is 4.91. The van der Waals surface area contributed by atoms with E-state index in [1.165, 1.54) is 6.92 Å². The molecule has 0 aromatic heterocycles. The third-order valence-electron chi connectivity index (χ3n) is 1.84. The molecule has 4 nitrogen and oxygen atoms in total. The molecular weight excluding hydrogens is 206 g/mol. The number of rotatable bonds is 9. The van der Waals surface area contributed by atoms with Crippen LogP contribution in [-0.4, -0.2) is 42.9 Å². The first-order chi connectivity index (χ1) is 7.60. The molecule has 4 heteroatoms. The number of nitrogens with zero attached hydrogens (tertiary/aromatic N) is 1. The van der Waals surface area contributed by atoms with E-state index in [4.69, 9.17) is 4.74 Å². The van der Waals surface area contributed by atoms with Crippen LogP contribution in [0, 0.1) is 0 Å². The second-order valence-electron chi connectivity index (χ2n) is 3.44. The second kappa shape index (κ2) is 8.85. The van der Waals surface area contributed by atoms with Crippen LogP contribution >= 0.6 is 0 Å². The number of carbonyl (C=O) groups excluding carboxylic acids is 2. The average Bonchev–Trinajstić information content (AvgIpc) is 2.17. The third kappa shape index (κ3) is 7.94. The van der Waals surface area contributed by atoms with Crippen LogP contribution in [0.1, 0.15) is 13.3 Å². The Labute approximate surface area is 96.6 Å². The second-order valence-corrected chi connectivity index (χ2v) is 3.44. The molecule has 16 heavy (non-hydrogen) atoms. The molecule has 0 unspecified atom stereocenters. The molecule has 0 aliphatic heterocycles. The first-order valence-corrected chi connectivity index (χ1v) is 5.19. The molecule has 0 bridgehead atoms. The van der Waals surface area contributed by atoms with E-state index in [1.807, 2.05) is 4.90 Å². The minimum absolute atomic E-state index is 0.150. The van der Waals surface area contributed by atoms with Crippen molar-refractivity contribution in [2.24, 2.45) is 0 Å². The Morgan fingerprint density at radius 1 is 1.25 bits per heavy atom. The van der Waals surface area contributed by atoms with Crippen molar-refractivity contribution < 1.29 is 14.3 Å². The predicted octanol–water partition coefficient (Wildman–Crippen LogP) is 1.18. The van der Waals surface area contributed by atoms with Crippen LogP contribution in [0.5, 0.6) is 0 Å². The maximum atomic E-state index is 11.0. The number of ketones is 1. The monoisotopic (exact) mass is 225 g/mol. The minimum Gasteiger partial charge on any atom is -0.464 e. The van der Waals surface area contributed by atoms with Crippen molar-refractivity contribution in [1.82, 2.24) is 4.90 Å². The minimum atomic E-state index is -0.468. The Morgan fingerprint density at radius 3 is 2.25 bits per heavy atom. The molecule has 0 atom stereocenters. The van der Waals surface area contributed by atoms with Gasteiger partial charge < -0.3 is 4.74 Å². The van der Waals surface area contributed by atoms with Crippen molar-refractivity contribution in [2.45, 2.75) is 13.3 Å². The predicted molar refractivity (Wildman–Crippen MR) is 63.1 cm³/mol. The molecule has 0 heterocycles. The van der Waals surface area contributed by atoms with Gasteiger partial charge in [0.1, 0.15) is 18.8 Å². The molecule has 0 spiro atoms. The highest BCUT2D eigenvalue weighted by atomic mass is 16.5. The van der Waals surface area contributed by atoms with Gasteiger partial charge in [-0.3, -0.25) is 14.5 Å². The lowest BCUT2D eigenvalue weighted by Gasteiger charge is -2.18. The standard InChI is InChI=1S/C12H19NO3/c1-4-6-13(7-5-2)8-9-16-12(15)10-11(3)14/h4-5H,1-2,6-10H2,3H3. The number of hydrogen-bond acceptors (Lipinski definition) is 4. The van der Waals surface area contributed by atoms with Crippen LogP contribution in [0.4, 0.5) is 0 Å². The molecule has 0 fully saturated rings. The van der Waals surface area contributed by atoms with Crippen LogP contribution < -0.4 is 0 Å². The molecule has 0 radical (unpaired) electrons. The van der Waals surface area contributed by atoms with Crippen molar-refractivity contribution in [2.75, 3.05) is 26.2 Å². The summed E-state index contributed by atoms with van der Waals surface area (Å²) in [4.78, 5) is 23.7. The van der Waals surface area contributed by atoms with Gasteiger partial charge in [0.15, 0.2) is 0 Å². The van der Waals surface area contributed by atoms with E-state index < -0.39 is 5.97 Å². The summed E-state index contributed by atoms with van der Waals surface area (Å²) in [5.41, 5.74) is 0. The summed E-state index contributed by atoms with van der Waals surface area (Å²) >= 11 is 0. The maximum Gasteiger partial charge on any atom is 0.313 e. The molecule has 0 saturated carbocycles. The molecule has 90 valence electrons. The number of Topliss-reactive ketones (excluding diaryl/α,β-unsaturated/α-hetero) is 1. The smallest absolute Gasteiger partial charge is 0.313 e. The van der Waals surface area contributed by atoms with Gasteiger partial charge in [-0.25, -0.2) is 0 Å². The van der Waals surface area contributed by atoms with Crippen LogP contribution in [0.2, 0.25) is 0 Å². The van der Waals surface area contributed by atoms with Gasteiger partial charge in [0.2, 0.25) is 0 Å². The number of esters is 1. The SMILES string of the molecule is C=CCN(CC=C)CCOC(=O)CC(C)=O. The van der Waals surface area contributed by atoms with Crippen molar-refractivity contribution >= 4 is 11.8 Å². The van der Waals surface area contributed by atoms with E-state index >= 15 is 0 Å². The summed E-state index contributed by atoms with van der Waals surface area (Å²) in [5.74, 6) is -0.649. The average molecular weight is 225 g/mol. The normalized spacial score (nSPS) is 9.88. The molecule has 0 N–H and O–H groups in total. The lowest BCUT2D eigenvalue weighted by molar-refractivity contribution is -0.146. The van der Waals surface area contributed by atoms with Crippen molar-refractivity contribution in [3.8, 4) is 0 Å². The zero-order valence-corrected chi connectivity index (χ0v) is 9.78. The van der Waals surface area contributed by atoms with Gasteiger partial charge >= 0.3 is 5.97 Å². The van der Waals surface area contributed by atoms with Crippen LogP contribution in [-0.2, 0) is 14.3 Å². The molecule has 0 amide bonds. The maximum absolute atomic E-state index is 11.0. The Hall–Kier alpha value is -1.42. The van der Waals surface area contributed by atoms with Crippen molar-refractivity contribution in [1.29, 1.82) is 0 Å². The Morgan fingerprint density at radius 2 is 1.81 bits per heavy atom. The lowest BCUT2D eigenvalue weighted by atomic mass is 10.3. The lowest BCUT2D eigenvalue weighted by Crippen LogP contribution is -2.28. The molecule has 0 aliphatic carbocycles. The fourth-order valence-corrected chi connectivity index (χ4v) is 1.17. The van der Waals surface area contributed by atoms with Gasteiger partial charge in [0.05, 0.1) is 0 Å². The Bertz CT molecular complexity index is 251. The Balaban J connectivity index is 3.75. The zero-order chi connectivity index (χ0) is 12.4. The van der Waals surface area contributed by atoms with Gasteiger partial charge in [-0.2, -0.15) is 0 Å². The summed E-state index contributed by atoms with van der Waals surface area (Å²) in [6.45, 7) is 11.0. The molecular formula is C12H19NO3. The largest absolute Gasteiger partial charge is 0.464 e. The highest BCUT2D eigenvalue weighted by Gasteiger charge is 2.07. The zero-order valence-electron chi connectivity index (χ0n) is 9.78. The van der Waals surface area contributed by atoms with Gasteiger partial charge in [0, 0.05) is 19.6 Å². The highest BCUT2D eigenvalue weighted by molar-refractivity contribution is 5.94. The highest BCUT2D eigenvalue weighted by Crippen LogP contribution is 1.92. The van der Waals surface area contributed by atoms with Gasteiger partial charge in [-0.15, -0.1) is 13.2 Å². The van der Waals surface area contributed by atoms with Crippen molar-refractivity contribution in [3.05, 3.63) is 25.3 Å². The van der Waals surface area contributed by atoms with Crippen LogP contribution in [0.3, 0.4) is 0 Å². The number of ether oxygens (including phenoxy) is 1. The topological polar surface area (TPSA) is 46.6 Å². The number of hydrogen-bond donors (Lipinski definition) is 0. The quantitative estimate of drug-likeness (QED) is 0.336. The Kier molecular flexibility index (Phi) is 8.07. The van der Waals surface area contributed by atoms with E-state index in [9.17, 15) is 9.59 Å². The fourth-order valence-electron chi connectivity index (χ4n) is 1.17. The van der Waals surface area contributed by atoms with E-state index in [1.54, 1.807) is 12.2 Å². The first-order valence-electron chi connectivity index (χ1n) is 5.19. The molecule has 0 aromatic carbocycles. The van der Waals surface area contributed by atoms with Gasteiger partial charge in [0.25, 0.3) is 0 Å². The fraction of sp³-hybridized carbons (Fsp3) is 0.500. The molecule has 0 rings (SSSR count). The van der Waals surface area contributed by atoms with E-state index in [0.717, 1.165) is 13.1 Å². The number of carbonyl (C=O) groups is 2. The first kappa shape index (κ1) is 14.6. The van der Waals surface area contributed by atoms with Crippen LogP contribution in [0.25, 0.3) is 0 Å². The van der Waals surface area contributed by atoms with Crippen LogP contribution in [0.15, 0.2) is 25.3 Å². The summed E-state index contributed by atoms with van der Waals surface area (Å²) in [6.07, 6.45) is 3.41. The summed E-state index contributed by atoms with van der Waals surface area (Å²) in [5, 5.41) is 0. The van der Waals surface area contributed by atoms with Gasteiger partial charge in [-0.1, -0.05) is 12.2 Å². The van der Waals surface area contributed by atoms with E-state index in [2.05, 4.69) is 13.2 Å². The summed E-state index contributed by atoms with van der Waals surface area (Å²) in [6, 6.07) is 0. The van der Waals surface area contributed by atoms with Crippen molar-refractivity contribution in [3.63, 3.8) is 0 Å². The third-order valence-corrected chi connectivity index (χ3v) is 1.84. The van der Waals surface area contributed by atoms with Gasteiger partial charge in [-0.05, 0) is 6.92 Å². The molecule has 0 aromatic rings. The van der Waals surface area contributed by atoms with E-state index in [0.29, 0.717) is 6.54 Å². The van der Waals surface area contributed by atoms with E-state index in [-0.39, 0.29) is 18.8 Å². The molecule has 0 aliphatic rings.